The van der Waals surface area contributed by atoms with Crippen LogP contribution in [-0.4, -0.2) is 29.5 Å². The first-order valence-corrected chi connectivity index (χ1v) is 6.59. The van der Waals surface area contributed by atoms with Gasteiger partial charge in [-0.05, 0) is 30.2 Å². The van der Waals surface area contributed by atoms with Crippen LogP contribution in [0, 0.1) is 0 Å². The minimum absolute atomic E-state index is 0.184. The fourth-order valence-corrected chi connectivity index (χ4v) is 1.98. The molecule has 0 bridgehead atoms. The van der Waals surface area contributed by atoms with Crippen LogP contribution in [0.3, 0.4) is 0 Å². The quantitative estimate of drug-likeness (QED) is 0.885. The van der Waals surface area contributed by atoms with Crippen LogP contribution in [-0.2, 0) is 6.42 Å². The van der Waals surface area contributed by atoms with E-state index in [0.717, 1.165) is 12.0 Å². The van der Waals surface area contributed by atoms with Crippen LogP contribution >= 0.6 is 11.6 Å². The lowest BCUT2D eigenvalue weighted by atomic mass is 10.2. The van der Waals surface area contributed by atoms with Crippen molar-refractivity contribution in [3.63, 3.8) is 0 Å². The van der Waals surface area contributed by atoms with E-state index in [1.165, 1.54) is 6.20 Å². The molecule has 104 valence electrons. The second kappa shape index (κ2) is 6.86. The molecule has 0 radical (unpaired) electrons. The lowest BCUT2D eigenvalue weighted by Gasteiger charge is -2.07. The van der Waals surface area contributed by atoms with Gasteiger partial charge in [0.05, 0.1) is 10.6 Å². The second-order valence-corrected chi connectivity index (χ2v) is 4.57. The number of amides is 1. The number of anilines is 1. The SMILES string of the molecule is CNc1ncc(C(=O)NCCc2ccncc2)cc1Cl. The Balaban J connectivity index is 1.90. The Labute approximate surface area is 122 Å². The molecule has 0 fully saturated rings. The second-order valence-electron chi connectivity index (χ2n) is 4.17. The summed E-state index contributed by atoms with van der Waals surface area (Å²) in [7, 11) is 1.72. The molecule has 20 heavy (non-hydrogen) atoms. The first kappa shape index (κ1) is 14.3. The van der Waals surface area contributed by atoms with Crippen LogP contribution in [0.2, 0.25) is 5.02 Å². The molecule has 0 aliphatic heterocycles. The van der Waals surface area contributed by atoms with Crippen molar-refractivity contribution in [2.45, 2.75) is 6.42 Å². The number of carbonyl (C=O) groups is 1. The van der Waals surface area contributed by atoms with Gasteiger partial charge in [-0.15, -0.1) is 0 Å². The number of hydrogen-bond acceptors (Lipinski definition) is 4. The van der Waals surface area contributed by atoms with E-state index in [9.17, 15) is 4.79 Å². The Bertz CT molecular complexity index is 589. The number of nitrogens with one attached hydrogen (secondary N) is 2. The molecule has 6 heteroatoms. The lowest BCUT2D eigenvalue weighted by molar-refractivity contribution is 0.0954. The van der Waals surface area contributed by atoms with Crippen LogP contribution in [0.5, 0.6) is 0 Å². The predicted molar refractivity (Wildman–Crippen MR) is 79.1 cm³/mol. The maximum Gasteiger partial charge on any atom is 0.252 e. The molecule has 0 aliphatic rings. The van der Waals surface area contributed by atoms with Gasteiger partial charge in [0, 0.05) is 32.2 Å². The molecule has 2 heterocycles. The van der Waals surface area contributed by atoms with Crippen molar-refractivity contribution >= 4 is 23.3 Å². The number of hydrogen-bond donors (Lipinski definition) is 2. The third-order valence-corrected chi connectivity index (χ3v) is 3.08. The predicted octanol–water partition coefficient (Wildman–Crippen LogP) is 2.14. The van der Waals surface area contributed by atoms with Crippen molar-refractivity contribution in [1.29, 1.82) is 0 Å². The minimum Gasteiger partial charge on any atom is -0.372 e. The average molecular weight is 291 g/mol. The monoisotopic (exact) mass is 290 g/mol. The molecule has 0 saturated carbocycles. The van der Waals surface area contributed by atoms with Gasteiger partial charge in [-0.2, -0.15) is 0 Å². The third-order valence-electron chi connectivity index (χ3n) is 2.79. The first-order valence-electron chi connectivity index (χ1n) is 6.21. The zero-order valence-electron chi connectivity index (χ0n) is 11.1. The molecular formula is C14H15ClN4O. The Morgan fingerprint density at radius 2 is 2.10 bits per heavy atom. The molecule has 0 atom stereocenters. The summed E-state index contributed by atoms with van der Waals surface area (Å²) in [6.07, 6.45) is 5.72. The fraction of sp³-hybridized carbons (Fsp3) is 0.214. The third kappa shape index (κ3) is 3.68. The van der Waals surface area contributed by atoms with Gasteiger partial charge in [0.15, 0.2) is 0 Å². The maximum atomic E-state index is 11.9. The smallest absolute Gasteiger partial charge is 0.252 e. The molecule has 2 aromatic heterocycles. The Morgan fingerprint density at radius 1 is 1.35 bits per heavy atom. The van der Waals surface area contributed by atoms with E-state index in [1.54, 1.807) is 25.5 Å². The molecular weight excluding hydrogens is 276 g/mol. The van der Waals surface area contributed by atoms with Crippen molar-refractivity contribution in [2.75, 3.05) is 18.9 Å². The van der Waals surface area contributed by atoms with Crippen molar-refractivity contribution < 1.29 is 4.79 Å². The van der Waals surface area contributed by atoms with Gasteiger partial charge in [-0.25, -0.2) is 4.98 Å². The zero-order valence-corrected chi connectivity index (χ0v) is 11.8. The molecule has 2 rings (SSSR count). The molecule has 0 aliphatic carbocycles. The van der Waals surface area contributed by atoms with Gasteiger partial charge >= 0.3 is 0 Å². The molecule has 5 nitrogen and oxygen atoms in total. The van der Waals surface area contributed by atoms with Crippen LogP contribution < -0.4 is 10.6 Å². The van der Waals surface area contributed by atoms with E-state index in [2.05, 4.69) is 20.6 Å². The van der Waals surface area contributed by atoms with Gasteiger partial charge in [0.25, 0.3) is 5.91 Å². The van der Waals surface area contributed by atoms with Gasteiger partial charge in [0.2, 0.25) is 0 Å². The summed E-state index contributed by atoms with van der Waals surface area (Å²) in [5.41, 5.74) is 1.57. The van der Waals surface area contributed by atoms with E-state index in [1.807, 2.05) is 12.1 Å². The van der Waals surface area contributed by atoms with Gasteiger partial charge in [-0.1, -0.05) is 11.6 Å². The van der Waals surface area contributed by atoms with Crippen LogP contribution in [0.15, 0.2) is 36.8 Å². The van der Waals surface area contributed by atoms with Crippen molar-refractivity contribution in [3.8, 4) is 0 Å². The van der Waals surface area contributed by atoms with E-state index in [4.69, 9.17) is 11.6 Å². The Kier molecular flexibility index (Phi) is 4.90. The summed E-state index contributed by atoms with van der Waals surface area (Å²) in [6.45, 7) is 0.550. The van der Waals surface area contributed by atoms with Gasteiger partial charge < -0.3 is 10.6 Å². The number of aromatic nitrogens is 2. The topological polar surface area (TPSA) is 66.9 Å². The molecule has 2 N–H and O–H groups in total. The molecule has 0 unspecified atom stereocenters. The summed E-state index contributed by atoms with van der Waals surface area (Å²) >= 11 is 5.99. The van der Waals surface area contributed by atoms with Crippen LogP contribution in [0.25, 0.3) is 0 Å². The highest BCUT2D eigenvalue weighted by atomic mass is 35.5. The van der Waals surface area contributed by atoms with E-state index >= 15 is 0 Å². The summed E-state index contributed by atoms with van der Waals surface area (Å²) in [4.78, 5) is 20.0. The molecule has 0 aromatic carbocycles. The molecule has 1 amide bonds. The highest BCUT2D eigenvalue weighted by Gasteiger charge is 2.08. The van der Waals surface area contributed by atoms with Gasteiger partial charge in [-0.3, -0.25) is 9.78 Å². The minimum atomic E-state index is -0.184. The van der Waals surface area contributed by atoms with E-state index in [0.29, 0.717) is 22.9 Å². The number of halogens is 1. The Hall–Kier alpha value is -2.14. The lowest BCUT2D eigenvalue weighted by Crippen LogP contribution is -2.25. The highest BCUT2D eigenvalue weighted by molar-refractivity contribution is 6.33. The maximum absolute atomic E-state index is 11.9. The average Bonchev–Trinajstić information content (AvgIpc) is 2.48. The van der Waals surface area contributed by atoms with Gasteiger partial charge in [0.1, 0.15) is 5.82 Å². The van der Waals surface area contributed by atoms with Crippen molar-refractivity contribution in [1.82, 2.24) is 15.3 Å². The summed E-state index contributed by atoms with van der Waals surface area (Å²) in [6, 6.07) is 5.45. The first-order chi connectivity index (χ1) is 9.70. The largest absolute Gasteiger partial charge is 0.372 e. The molecule has 0 saturated heterocycles. The Morgan fingerprint density at radius 3 is 2.75 bits per heavy atom. The van der Waals surface area contributed by atoms with Crippen molar-refractivity contribution in [2.24, 2.45) is 0 Å². The van der Waals surface area contributed by atoms with Crippen molar-refractivity contribution in [3.05, 3.63) is 52.9 Å². The fourth-order valence-electron chi connectivity index (χ4n) is 1.72. The number of nitrogens with zero attached hydrogens (tertiary/aromatic N) is 2. The number of carbonyl (C=O) groups excluding carboxylic acids is 1. The number of pyridine rings is 2. The molecule has 0 spiro atoms. The van der Waals surface area contributed by atoms with Crippen LogP contribution in [0.4, 0.5) is 5.82 Å². The standard InChI is InChI=1S/C14H15ClN4O/c1-16-13-12(15)8-11(9-19-13)14(20)18-7-4-10-2-5-17-6-3-10/h2-3,5-6,8-9H,4,7H2,1H3,(H,16,19)(H,18,20). The summed E-state index contributed by atoms with van der Waals surface area (Å²) in [5.74, 6) is 0.371. The van der Waals surface area contributed by atoms with Crippen LogP contribution in [0.1, 0.15) is 15.9 Å². The van der Waals surface area contributed by atoms with E-state index in [-0.39, 0.29) is 5.91 Å². The normalized spacial score (nSPS) is 10.1. The molecule has 2 aromatic rings. The summed E-state index contributed by atoms with van der Waals surface area (Å²) < 4.78 is 0. The zero-order chi connectivity index (χ0) is 14.4. The number of rotatable bonds is 5. The summed E-state index contributed by atoms with van der Waals surface area (Å²) in [5, 5.41) is 6.10. The highest BCUT2D eigenvalue weighted by Crippen LogP contribution is 2.19. The van der Waals surface area contributed by atoms with E-state index < -0.39 is 0 Å².